The van der Waals surface area contributed by atoms with Gasteiger partial charge in [-0.2, -0.15) is 0 Å². The highest BCUT2D eigenvalue weighted by atomic mass is 35.5. The van der Waals surface area contributed by atoms with E-state index in [4.69, 9.17) is 16.3 Å². The Kier molecular flexibility index (Phi) is 4.31. The number of nitrogens with zero attached hydrogens (tertiary/aromatic N) is 1. The molecule has 8 heteroatoms. The third-order valence-electron chi connectivity index (χ3n) is 2.65. The van der Waals surface area contributed by atoms with Crippen LogP contribution in [0.25, 0.3) is 0 Å². The number of benzene rings is 1. The first kappa shape index (κ1) is 13.7. The smallest absolute Gasteiger partial charge is 0.289 e. The number of carbonyl (C=O) groups is 1. The summed E-state index contributed by atoms with van der Waals surface area (Å²) in [5.74, 6) is -0.295. The van der Waals surface area contributed by atoms with Gasteiger partial charge in [-0.1, -0.05) is 11.6 Å². The fourth-order valence-electron chi connectivity index (χ4n) is 1.69. The minimum Gasteiger partial charge on any atom is -0.378 e. The quantitative estimate of drug-likeness (QED) is 0.642. The molecule has 1 saturated heterocycles. The highest BCUT2D eigenvalue weighted by Gasteiger charge is 2.22. The number of anilines is 1. The molecular formula is C11H12ClN3O4. The maximum absolute atomic E-state index is 11.9. The third kappa shape index (κ3) is 3.40. The monoisotopic (exact) mass is 285 g/mol. The van der Waals surface area contributed by atoms with Crippen LogP contribution in [0.2, 0.25) is 5.02 Å². The van der Waals surface area contributed by atoms with E-state index in [1.54, 1.807) is 0 Å². The lowest BCUT2D eigenvalue weighted by Crippen LogP contribution is -2.48. The Bertz CT molecular complexity index is 503. The molecule has 2 N–H and O–H groups in total. The number of nitrogens with one attached hydrogen (secondary N) is 2. The normalized spacial score (nSPS) is 18.9. The second kappa shape index (κ2) is 5.96. The van der Waals surface area contributed by atoms with Crippen molar-refractivity contribution in [2.24, 2.45) is 0 Å². The number of amides is 1. The summed E-state index contributed by atoms with van der Waals surface area (Å²) in [5, 5.41) is 16.3. The van der Waals surface area contributed by atoms with E-state index in [-0.39, 0.29) is 23.2 Å². The van der Waals surface area contributed by atoms with Crippen LogP contribution in [0.15, 0.2) is 18.2 Å². The minimum atomic E-state index is -0.597. The van der Waals surface area contributed by atoms with E-state index < -0.39 is 11.0 Å². The molecule has 1 fully saturated rings. The number of nitro groups is 1. The van der Waals surface area contributed by atoms with Crippen LogP contribution in [0.3, 0.4) is 0 Å². The van der Waals surface area contributed by atoms with Crippen molar-refractivity contribution in [1.82, 2.24) is 5.32 Å². The Morgan fingerprint density at radius 1 is 1.58 bits per heavy atom. The molecule has 1 aliphatic rings. The molecule has 7 nitrogen and oxygen atoms in total. The molecule has 1 aromatic rings. The first-order valence-corrected chi connectivity index (χ1v) is 6.01. The first-order valence-electron chi connectivity index (χ1n) is 5.64. The van der Waals surface area contributed by atoms with Gasteiger partial charge in [-0.25, -0.2) is 0 Å². The topological polar surface area (TPSA) is 93.5 Å². The molecule has 0 aliphatic carbocycles. The van der Waals surface area contributed by atoms with Gasteiger partial charge in [0.05, 0.1) is 18.1 Å². The van der Waals surface area contributed by atoms with Gasteiger partial charge < -0.3 is 15.4 Å². The standard InChI is InChI=1S/C11H12ClN3O4/c12-8-2-1-7(5-10(8)15(17)18)14-11(16)9-6-19-4-3-13-9/h1-2,5,9,13H,3-4,6H2,(H,14,16). The highest BCUT2D eigenvalue weighted by Crippen LogP contribution is 2.27. The van der Waals surface area contributed by atoms with Crippen LogP contribution in [-0.4, -0.2) is 36.6 Å². The Balaban J connectivity index is 2.08. The number of nitro benzene ring substituents is 1. The van der Waals surface area contributed by atoms with Crippen molar-refractivity contribution >= 4 is 28.9 Å². The zero-order chi connectivity index (χ0) is 13.8. The van der Waals surface area contributed by atoms with Crippen LogP contribution in [0.4, 0.5) is 11.4 Å². The van der Waals surface area contributed by atoms with Gasteiger partial charge in [0.2, 0.25) is 5.91 Å². The van der Waals surface area contributed by atoms with E-state index in [0.717, 1.165) is 0 Å². The van der Waals surface area contributed by atoms with Crippen LogP contribution in [0.5, 0.6) is 0 Å². The predicted octanol–water partition coefficient (Wildman–Crippen LogP) is 1.18. The van der Waals surface area contributed by atoms with Crippen molar-refractivity contribution in [3.63, 3.8) is 0 Å². The van der Waals surface area contributed by atoms with Crippen LogP contribution in [-0.2, 0) is 9.53 Å². The van der Waals surface area contributed by atoms with Crippen molar-refractivity contribution in [1.29, 1.82) is 0 Å². The molecule has 1 amide bonds. The number of halogens is 1. The predicted molar refractivity (Wildman–Crippen MR) is 69.3 cm³/mol. The molecule has 19 heavy (non-hydrogen) atoms. The van der Waals surface area contributed by atoms with Crippen LogP contribution >= 0.6 is 11.6 Å². The van der Waals surface area contributed by atoms with E-state index in [1.807, 2.05) is 0 Å². The summed E-state index contributed by atoms with van der Waals surface area (Å²) in [6, 6.07) is 3.66. The van der Waals surface area contributed by atoms with E-state index in [9.17, 15) is 14.9 Å². The fourth-order valence-corrected chi connectivity index (χ4v) is 1.88. The van der Waals surface area contributed by atoms with E-state index in [0.29, 0.717) is 18.8 Å². The van der Waals surface area contributed by atoms with E-state index in [1.165, 1.54) is 18.2 Å². The maximum Gasteiger partial charge on any atom is 0.289 e. The van der Waals surface area contributed by atoms with Crippen LogP contribution < -0.4 is 10.6 Å². The van der Waals surface area contributed by atoms with Gasteiger partial charge in [0.1, 0.15) is 11.1 Å². The van der Waals surface area contributed by atoms with Crippen molar-refractivity contribution in [2.45, 2.75) is 6.04 Å². The second-order valence-corrected chi connectivity index (χ2v) is 4.40. The zero-order valence-corrected chi connectivity index (χ0v) is 10.6. The summed E-state index contributed by atoms with van der Waals surface area (Å²) < 4.78 is 5.17. The molecule has 0 saturated carbocycles. The van der Waals surface area contributed by atoms with Gasteiger partial charge in [0.25, 0.3) is 5.69 Å². The van der Waals surface area contributed by atoms with Gasteiger partial charge in [0.15, 0.2) is 0 Å². The van der Waals surface area contributed by atoms with Crippen molar-refractivity contribution in [2.75, 3.05) is 25.1 Å². The van der Waals surface area contributed by atoms with Crippen molar-refractivity contribution < 1.29 is 14.5 Å². The van der Waals surface area contributed by atoms with E-state index >= 15 is 0 Å². The molecular weight excluding hydrogens is 274 g/mol. The van der Waals surface area contributed by atoms with Crippen molar-refractivity contribution in [3.8, 4) is 0 Å². The molecule has 0 bridgehead atoms. The second-order valence-electron chi connectivity index (χ2n) is 3.99. The van der Waals surface area contributed by atoms with Gasteiger partial charge in [0, 0.05) is 18.3 Å². The Morgan fingerprint density at radius 2 is 2.37 bits per heavy atom. The molecule has 0 aromatic heterocycles. The number of hydrogen-bond donors (Lipinski definition) is 2. The molecule has 1 aliphatic heterocycles. The van der Waals surface area contributed by atoms with Gasteiger partial charge in [-0.15, -0.1) is 0 Å². The lowest BCUT2D eigenvalue weighted by molar-refractivity contribution is -0.384. The fraction of sp³-hybridized carbons (Fsp3) is 0.364. The number of carbonyl (C=O) groups excluding carboxylic acids is 1. The summed E-state index contributed by atoms with van der Waals surface area (Å²) in [7, 11) is 0. The Morgan fingerprint density at radius 3 is 3.00 bits per heavy atom. The summed E-state index contributed by atoms with van der Waals surface area (Å²) in [6.45, 7) is 1.44. The Hall–Kier alpha value is -1.70. The molecule has 1 atom stereocenters. The molecule has 0 spiro atoms. The average molecular weight is 286 g/mol. The molecule has 1 heterocycles. The van der Waals surface area contributed by atoms with Gasteiger partial charge in [-0.05, 0) is 12.1 Å². The van der Waals surface area contributed by atoms with Crippen LogP contribution in [0.1, 0.15) is 0 Å². The number of ether oxygens (including phenoxy) is 1. The van der Waals surface area contributed by atoms with Crippen LogP contribution in [0, 0.1) is 10.1 Å². The van der Waals surface area contributed by atoms with Crippen molar-refractivity contribution in [3.05, 3.63) is 33.3 Å². The summed E-state index contributed by atoms with van der Waals surface area (Å²) in [4.78, 5) is 22.0. The minimum absolute atomic E-state index is 0.0297. The van der Waals surface area contributed by atoms with E-state index in [2.05, 4.69) is 10.6 Å². The number of hydrogen-bond acceptors (Lipinski definition) is 5. The maximum atomic E-state index is 11.9. The largest absolute Gasteiger partial charge is 0.378 e. The zero-order valence-electron chi connectivity index (χ0n) is 9.89. The summed E-state index contributed by atoms with van der Waals surface area (Å²) >= 11 is 5.69. The molecule has 1 aromatic carbocycles. The Labute approximate surface area is 114 Å². The highest BCUT2D eigenvalue weighted by molar-refractivity contribution is 6.32. The summed E-state index contributed by atoms with van der Waals surface area (Å²) in [6.07, 6.45) is 0. The molecule has 0 radical (unpaired) electrons. The molecule has 2 rings (SSSR count). The number of morpholine rings is 1. The molecule has 1 unspecified atom stereocenters. The first-order chi connectivity index (χ1) is 9.08. The lowest BCUT2D eigenvalue weighted by Gasteiger charge is -2.22. The molecule has 102 valence electrons. The SMILES string of the molecule is O=C(Nc1ccc(Cl)c([N+](=O)[O-])c1)C1COCCN1. The van der Waals surface area contributed by atoms with Gasteiger partial charge >= 0.3 is 0 Å². The lowest BCUT2D eigenvalue weighted by atomic mass is 10.2. The van der Waals surface area contributed by atoms with Gasteiger partial charge in [-0.3, -0.25) is 14.9 Å². The summed E-state index contributed by atoms with van der Waals surface area (Å²) in [5.41, 5.74) is 0.0841. The average Bonchev–Trinajstić information content (AvgIpc) is 2.41. The third-order valence-corrected chi connectivity index (χ3v) is 2.97. The number of rotatable bonds is 3.